The number of benzene rings is 2. The molecule has 1 fully saturated rings. The van der Waals surface area contributed by atoms with Gasteiger partial charge < -0.3 is 19.5 Å². The molecule has 0 unspecified atom stereocenters. The van der Waals surface area contributed by atoms with Crippen LogP contribution in [0.3, 0.4) is 0 Å². The van der Waals surface area contributed by atoms with Gasteiger partial charge in [0.15, 0.2) is 6.61 Å². The van der Waals surface area contributed by atoms with Gasteiger partial charge in [0, 0.05) is 13.2 Å². The smallest absolute Gasteiger partial charge is 0.342 e. The molecule has 0 saturated carbocycles. The summed E-state index contributed by atoms with van der Waals surface area (Å²) in [5.41, 5.74) is 1.34. The molecule has 1 N–H and O–H groups in total. The number of methoxy groups -OCH3 is 1. The Labute approximate surface area is 190 Å². The second-order valence-electron chi connectivity index (χ2n) is 7.79. The van der Waals surface area contributed by atoms with Crippen molar-refractivity contribution in [2.45, 2.75) is 25.5 Å². The van der Waals surface area contributed by atoms with Crippen molar-refractivity contribution in [3.63, 3.8) is 0 Å². The molecule has 2 aliphatic heterocycles. The van der Waals surface area contributed by atoms with Gasteiger partial charge >= 0.3 is 5.97 Å². The van der Waals surface area contributed by atoms with Crippen molar-refractivity contribution in [3.8, 4) is 5.75 Å². The van der Waals surface area contributed by atoms with Crippen molar-refractivity contribution in [1.29, 1.82) is 0 Å². The van der Waals surface area contributed by atoms with E-state index in [4.69, 9.17) is 14.2 Å². The first kappa shape index (κ1) is 22.5. The number of nitrogens with zero attached hydrogens (tertiary/aromatic N) is 1. The molecule has 1 saturated heterocycles. The van der Waals surface area contributed by atoms with Gasteiger partial charge in [0.2, 0.25) is 0 Å². The molecule has 0 bridgehead atoms. The van der Waals surface area contributed by atoms with Gasteiger partial charge in [0.1, 0.15) is 11.3 Å². The third-order valence-corrected chi connectivity index (χ3v) is 5.59. The average Bonchev–Trinajstić information content (AvgIpc) is 3.44. The predicted molar refractivity (Wildman–Crippen MR) is 116 cm³/mol. The van der Waals surface area contributed by atoms with Gasteiger partial charge in [-0.25, -0.2) is 4.79 Å². The zero-order valence-electron chi connectivity index (χ0n) is 18.2. The fraction of sp³-hybridized carbons (Fsp3) is 0.333. The number of carbonyl (C=O) groups excluding carboxylic acids is 4. The first-order valence-corrected chi connectivity index (χ1v) is 10.7. The summed E-state index contributed by atoms with van der Waals surface area (Å²) in [6, 6.07) is 11.3. The maximum atomic E-state index is 12.6. The minimum Gasteiger partial charge on any atom is -0.496 e. The van der Waals surface area contributed by atoms with E-state index in [1.165, 1.54) is 13.2 Å². The van der Waals surface area contributed by atoms with E-state index in [1.807, 2.05) is 0 Å². The van der Waals surface area contributed by atoms with Crippen LogP contribution >= 0.6 is 0 Å². The lowest BCUT2D eigenvalue weighted by Crippen LogP contribution is -2.34. The molecular formula is C24H24N2O7. The van der Waals surface area contributed by atoms with Gasteiger partial charge in [-0.3, -0.25) is 19.3 Å². The van der Waals surface area contributed by atoms with Crippen LogP contribution < -0.4 is 10.1 Å². The maximum Gasteiger partial charge on any atom is 0.342 e. The zero-order valence-corrected chi connectivity index (χ0v) is 18.2. The number of imide groups is 1. The summed E-state index contributed by atoms with van der Waals surface area (Å²) < 4.78 is 15.8. The van der Waals surface area contributed by atoms with E-state index in [-0.39, 0.29) is 24.0 Å². The Morgan fingerprint density at radius 2 is 1.85 bits per heavy atom. The Hall–Kier alpha value is -3.72. The Morgan fingerprint density at radius 1 is 1.12 bits per heavy atom. The second-order valence-corrected chi connectivity index (χ2v) is 7.79. The quantitative estimate of drug-likeness (QED) is 0.481. The Morgan fingerprint density at radius 3 is 2.48 bits per heavy atom. The van der Waals surface area contributed by atoms with Crippen LogP contribution in [0.1, 0.15) is 49.5 Å². The third kappa shape index (κ3) is 4.88. The lowest BCUT2D eigenvalue weighted by molar-refractivity contribution is -0.124. The SMILES string of the molecule is COc1ccc(CN2C(=O)c3ccccc3C2=O)cc1C(=O)OCC(=O)NC[C@@H]1CCCO1. The molecule has 4 rings (SSSR count). The number of hydrogen-bond donors (Lipinski definition) is 1. The lowest BCUT2D eigenvalue weighted by Gasteiger charge is -2.16. The van der Waals surface area contributed by atoms with Gasteiger partial charge in [-0.05, 0) is 42.7 Å². The van der Waals surface area contributed by atoms with Gasteiger partial charge in [0.25, 0.3) is 17.7 Å². The van der Waals surface area contributed by atoms with E-state index in [2.05, 4.69) is 5.32 Å². The van der Waals surface area contributed by atoms with Crippen LogP contribution in [-0.4, -0.2) is 61.6 Å². The molecule has 9 nitrogen and oxygen atoms in total. The van der Waals surface area contributed by atoms with Crippen LogP contribution in [0.4, 0.5) is 0 Å². The highest BCUT2D eigenvalue weighted by atomic mass is 16.5. The summed E-state index contributed by atoms with van der Waals surface area (Å²) in [6.07, 6.45) is 1.84. The van der Waals surface area contributed by atoms with Gasteiger partial charge in [-0.2, -0.15) is 0 Å². The predicted octanol–water partition coefficient (Wildman–Crippen LogP) is 1.94. The standard InChI is InChI=1S/C24H24N2O7/c1-31-20-9-8-15(13-26-22(28)17-6-2-3-7-18(17)23(26)29)11-19(20)24(30)33-14-21(27)25-12-16-5-4-10-32-16/h2-3,6-9,11,16H,4-5,10,12-14H2,1H3,(H,25,27)/t16-/m0/s1. The van der Waals surface area contributed by atoms with Crippen LogP contribution in [0.15, 0.2) is 42.5 Å². The number of esters is 1. The van der Waals surface area contributed by atoms with E-state index < -0.39 is 30.3 Å². The monoisotopic (exact) mass is 452 g/mol. The molecular weight excluding hydrogens is 428 g/mol. The maximum absolute atomic E-state index is 12.6. The highest BCUT2D eigenvalue weighted by Crippen LogP contribution is 2.26. The molecule has 2 aromatic rings. The van der Waals surface area contributed by atoms with E-state index in [0.717, 1.165) is 17.7 Å². The molecule has 2 aromatic carbocycles. The summed E-state index contributed by atoms with van der Waals surface area (Å²) in [6.45, 7) is 0.595. The van der Waals surface area contributed by atoms with Crippen molar-refractivity contribution in [2.75, 3.05) is 26.9 Å². The van der Waals surface area contributed by atoms with Crippen LogP contribution in [0, 0.1) is 0 Å². The summed E-state index contributed by atoms with van der Waals surface area (Å²) in [5.74, 6) is -1.70. The second kappa shape index (κ2) is 9.83. The van der Waals surface area contributed by atoms with Crippen LogP contribution in [-0.2, 0) is 20.8 Å². The first-order chi connectivity index (χ1) is 16.0. The highest BCUT2D eigenvalue weighted by Gasteiger charge is 2.35. The summed E-state index contributed by atoms with van der Waals surface area (Å²) >= 11 is 0. The zero-order chi connectivity index (χ0) is 23.4. The Bertz CT molecular complexity index is 1060. The number of carbonyl (C=O) groups is 4. The van der Waals surface area contributed by atoms with Crippen molar-refractivity contribution < 1.29 is 33.4 Å². The van der Waals surface area contributed by atoms with Crippen LogP contribution in [0.5, 0.6) is 5.75 Å². The topological polar surface area (TPSA) is 111 Å². The molecule has 0 aliphatic carbocycles. The fourth-order valence-electron chi connectivity index (χ4n) is 3.87. The van der Waals surface area contributed by atoms with Crippen molar-refractivity contribution in [3.05, 3.63) is 64.7 Å². The van der Waals surface area contributed by atoms with E-state index >= 15 is 0 Å². The van der Waals surface area contributed by atoms with E-state index in [9.17, 15) is 19.2 Å². The minimum atomic E-state index is -0.747. The highest BCUT2D eigenvalue weighted by molar-refractivity contribution is 6.21. The average molecular weight is 452 g/mol. The van der Waals surface area contributed by atoms with Crippen LogP contribution in [0.2, 0.25) is 0 Å². The molecule has 9 heteroatoms. The number of nitrogens with one attached hydrogen (secondary N) is 1. The molecule has 2 heterocycles. The Kier molecular flexibility index (Phi) is 6.69. The van der Waals surface area contributed by atoms with E-state index in [1.54, 1.807) is 36.4 Å². The lowest BCUT2D eigenvalue weighted by atomic mass is 10.1. The molecule has 0 radical (unpaired) electrons. The number of ether oxygens (including phenoxy) is 3. The first-order valence-electron chi connectivity index (χ1n) is 10.7. The van der Waals surface area contributed by atoms with Gasteiger partial charge in [-0.1, -0.05) is 18.2 Å². The number of rotatable bonds is 8. The molecule has 33 heavy (non-hydrogen) atoms. The van der Waals surface area contributed by atoms with Crippen molar-refractivity contribution >= 4 is 23.7 Å². The molecule has 1 atom stereocenters. The normalized spacial score (nSPS) is 17.1. The van der Waals surface area contributed by atoms with Gasteiger partial charge in [-0.15, -0.1) is 0 Å². The van der Waals surface area contributed by atoms with Crippen molar-refractivity contribution in [1.82, 2.24) is 10.2 Å². The molecule has 0 spiro atoms. The largest absolute Gasteiger partial charge is 0.496 e. The molecule has 172 valence electrons. The summed E-state index contributed by atoms with van der Waals surface area (Å²) in [7, 11) is 1.41. The molecule has 3 amide bonds. The third-order valence-electron chi connectivity index (χ3n) is 5.59. The van der Waals surface area contributed by atoms with Gasteiger partial charge in [0.05, 0.1) is 30.9 Å². The Balaban J connectivity index is 1.40. The minimum absolute atomic E-state index is 0.0106. The number of hydrogen-bond acceptors (Lipinski definition) is 7. The number of fused-ring (bicyclic) bond motifs is 1. The van der Waals surface area contributed by atoms with Crippen molar-refractivity contribution in [2.24, 2.45) is 0 Å². The summed E-state index contributed by atoms with van der Waals surface area (Å²) in [4.78, 5) is 51.0. The molecule has 0 aromatic heterocycles. The fourth-order valence-corrected chi connectivity index (χ4v) is 3.87. The van der Waals surface area contributed by atoms with E-state index in [0.29, 0.717) is 29.8 Å². The number of amides is 3. The summed E-state index contributed by atoms with van der Waals surface area (Å²) in [5, 5.41) is 2.68. The van der Waals surface area contributed by atoms with Crippen LogP contribution in [0.25, 0.3) is 0 Å². The molecule has 2 aliphatic rings.